The van der Waals surface area contributed by atoms with Crippen molar-refractivity contribution < 1.29 is 12.8 Å². The van der Waals surface area contributed by atoms with Crippen LogP contribution in [0.5, 0.6) is 0 Å². The van der Waals surface area contributed by atoms with E-state index in [0.29, 0.717) is 18.5 Å². The predicted molar refractivity (Wildman–Crippen MR) is 77.5 cm³/mol. The van der Waals surface area contributed by atoms with E-state index in [4.69, 9.17) is 5.73 Å². The van der Waals surface area contributed by atoms with E-state index in [-0.39, 0.29) is 16.6 Å². The van der Waals surface area contributed by atoms with Crippen molar-refractivity contribution in [1.29, 1.82) is 0 Å². The summed E-state index contributed by atoms with van der Waals surface area (Å²) in [4.78, 5) is 0. The molecule has 3 N–H and O–H groups in total. The molecule has 0 atom stereocenters. The normalized spacial score (nSPS) is 11.7. The molecule has 2 aromatic rings. The lowest BCUT2D eigenvalue weighted by Crippen LogP contribution is -2.25. The molecular weight excluding hydrogens is 299 g/mol. The molecule has 0 saturated heterocycles. The third-order valence-corrected chi connectivity index (χ3v) is 5.72. The van der Waals surface area contributed by atoms with Crippen molar-refractivity contribution in [3.8, 4) is 0 Å². The Morgan fingerprint density at radius 1 is 1.30 bits per heavy atom. The van der Waals surface area contributed by atoms with Gasteiger partial charge in [0.05, 0.1) is 0 Å². The van der Waals surface area contributed by atoms with Crippen LogP contribution in [0, 0.1) is 5.82 Å². The van der Waals surface area contributed by atoms with Gasteiger partial charge in [-0.2, -0.15) is 0 Å². The minimum Gasteiger partial charge on any atom is -0.326 e. The zero-order valence-electron chi connectivity index (χ0n) is 10.7. The van der Waals surface area contributed by atoms with E-state index >= 15 is 0 Å². The van der Waals surface area contributed by atoms with Gasteiger partial charge in [-0.15, -0.1) is 11.3 Å². The number of nitrogens with two attached hydrogens (primary N) is 1. The molecule has 0 aliphatic heterocycles. The highest BCUT2D eigenvalue weighted by Crippen LogP contribution is 2.19. The van der Waals surface area contributed by atoms with Crippen LogP contribution in [0.2, 0.25) is 0 Å². The van der Waals surface area contributed by atoms with E-state index in [9.17, 15) is 12.8 Å². The summed E-state index contributed by atoms with van der Waals surface area (Å²) in [5, 5.41) is 1.71. The second-order valence-electron chi connectivity index (χ2n) is 4.22. The number of halogens is 1. The first-order valence-electron chi connectivity index (χ1n) is 6.03. The second kappa shape index (κ2) is 6.45. The fourth-order valence-corrected chi connectivity index (χ4v) is 3.99. The van der Waals surface area contributed by atoms with Crippen LogP contribution in [0.15, 0.2) is 39.9 Å². The first-order chi connectivity index (χ1) is 9.53. The predicted octanol–water partition coefficient (Wildman–Crippen LogP) is 1.87. The standard InChI is InChI=1S/C13H15FN2O2S2/c14-12-4-2-1-3-11(12)5-6-16-20(17,18)13-7-10(8-15)9-19-13/h1-4,7,9,16H,5-6,8,15H2. The van der Waals surface area contributed by atoms with Crippen LogP contribution >= 0.6 is 11.3 Å². The van der Waals surface area contributed by atoms with E-state index in [0.717, 1.165) is 16.9 Å². The monoisotopic (exact) mass is 314 g/mol. The lowest BCUT2D eigenvalue weighted by Gasteiger charge is -2.05. The van der Waals surface area contributed by atoms with Crippen molar-refractivity contribution in [3.63, 3.8) is 0 Å². The van der Waals surface area contributed by atoms with Gasteiger partial charge in [-0.25, -0.2) is 17.5 Å². The van der Waals surface area contributed by atoms with Gasteiger partial charge in [0.2, 0.25) is 10.0 Å². The summed E-state index contributed by atoms with van der Waals surface area (Å²) < 4.78 is 40.1. The van der Waals surface area contributed by atoms with Crippen LogP contribution in [0.25, 0.3) is 0 Å². The van der Waals surface area contributed by atoms with E-state index in [1.54, 1.807) is 29.6 Å². The lowest BCUT2D eigenvalue weighted by atomic mass is 10.1. The zero-order chi connectivity index (χ0) is 14.6. The number of hydrogen-bond donors (Lipinski definition) is 2. The second-order valence-corrected chi connectivity index (χ2v) is 7.12. The van der Waals surface area contributed by atoms with Crippen LogP contribution in [0.4, 0.5) is 4.39 Å². The molecule has 0 amide bonds. The number of benzene rings is 1. The van der Waals surface area contributed by atoms with Gasteiger partial charge >= 0.3 is 0 Å². The average molecular weight is 314 g/mol. The smallest absolute Gasteiger partial charge is 0.250 e. The number of nitrogens with one attached hydrogen (secondary N) is 1. The van der Waals surface area contributed by atoms with Crippen LogP contribution in [0.3, 0.4) is 0 Å². The van der Waals surface area contributed by atoms with Gasteiger partial charge in [0.1, 0.15) is 10.0 Å². The first kappa shape index (κ1) is 15.1. The minimum absolute atomic E-state index is 0.152. The summed E-state index contributed by atoms with van der Waals surface area (Å²) in [5.41, 5.74) is 6.72. The SMILES string of the molecule is NCc1csc(S(=O)(=O)NCCc2ccccc2F)c1. The fraction of sp³-hybridized carbons (Fsp3) is 0.231. The van der Waals surface area contributed by atoms with Gasteiger partial charge in [-0.3, -0.25) is 0 Å². The van der Waals surface area contributed by atoms with Crippen LogP contribution in [-0.2, 0) is 23.0 Å². The molecule has 1 aromatic heterocycles. The molecule has 0 saturated carbocycles. The van der Waals surface area contributed by atoms with Crippen LogP contribution in [0.1, 0.15) is 11.1 Å². The molecule has 0 unspecified atom stereocenters. The van der Waals surface area contributed by atoms with E-state index in [1.807, 2.05) is 0 Å². The molecule has 20 heavy (non-hydrogen) atoms. The molecule has 4 nitrogen and oxygen atoms in total. The topological polar surface area (TPSA) is 72.2 Å². The molecule has 2 rings (SSSR count). The van der Waals surface area contributed by atoms with Gasteiger partial charge in [-0.1, -0.05) is 18.2 Å². The summed E-state index contributed by atoms with van der Waals surface area (Å²) in [6, 6.07) is 7.87. The largest absolute Gasteiger partial charge is 0.326 e. The summed E-state index contributed by atoms with van der Waals surface area (Å²) in [6.07, 6.45) is 0.307. The molecule has 0 radical (unpaired) electrons. The number of hydrogen-bond acceptors (Lipinski definition) is 4. The Kier molecular flexibility index (Phi) is 4.87. The van der Waals surface area contributed by atoms with Crippen molar-refractivity contribution in [3.05, 3.63) is 52.7 Å². The third kappa shape index (κ3) is 3.63. The quantitative estimate of drug-likeness (QED) is 0.855. The maximum Gasteiger partial charge on any atom is 0.250 e. The Morgan fingerprint density at radius 2 is 2.05 bits per heavy atom. The van der Waals surface area contributed by atoms with E-state index in [2.05, 4.69) is 4.72 Å². The van der Waals surface area contributed by atoms with Gasteiger partial charge in [-0.05, 0) is 35.1 Å². The summed E-state index contributed by atoms with van der Waals surface area (Å²) >= 11 is 1.13. The van der Waals surface area contributed by atoms with Crippen LogP contribution < -0.4 is 10.5 Å². The Morgan fingerprint density at radius 3 is 2.70 bits per heavy atom. The zero-order valence-corrected chi connectivity index (χ0v) is 12.3. The molecule has 108 valence electrons. The fourth-order valence-electron chi connectivity index (χ4n) is 1.69. The van der Waals surface area contributed by atoms with Crippen molar-refractivity contribution in [2.24, 2.45) is 5.73 Å². The van der Waals surface area contributed by atoms with Crippen molar-refractivity contribution >= 4 is 21.4 Å². The number of rotatable bonds is 6. The molecule has 1 aromatic carbocycles. The number of sulfonamides is 1. The Balaban J connectivity index is 1.98. The number of thiophene rings is 1. The molecule has 0 fully saturated rings. The van der Waals surface area contributed by atoms with Crippen molar-refractivity contribution in [2.75, 3.05) is 6.54 Å². The third-order valence-electron chi connectivity index (χ3n) is 2.77. The molecule has 7 heteroatoms. The summed E-state index contributed by atoms with van der Waals surface area (Å²) in [6.45, 7) is 0.459. The Labute approximate surface area is 121 Å². The maximum atomic E-state index is 13.4. The van der Waals surface area contributed by atoms with Gasteiger partial charge < -0.3 is 5.73 Å². The lowest BCUT2D eigenvalue weighted by molar-refractivity contribution is 0.579. The van der Waals surface area contributed by atoms with Gasteiger partial charge in [0, 0.05) is 13.1 Å². The highest BCUT2D eigenvalue weighted by molar-refractivity contribution is 7.91. The van der Waals surface area contributed by atoms with Crippen LogP contribution in [-0.4, -0.2) is 15.0 Å². The van der Waals surface area contributed by atoms with Gasteiger partial charge in [0.15, 0.2) is 0 Å². The van der Waals surface area contributed by atoms with Crippen molar-refractivity contribution in [1.82, 2.24) is 4.72 Å². The maximum absolute atomic E-state index is 13.4. The molecular formula is C13H15FN2O2S2. The molecule has 0 spiro atoms. The summed E-state index contributed by atoms with van der Waals surface area (Å²) in [5.74, 6) is -0.326. The first-order valence-corrected chi connectivity index (χ1v) is 8.40. The Hall–Kier alpha value is -1.28. The highest BCUT2D eigenvalue weighted by atomic mass is 32.2. The molecule has 0 bridgehead atoms. The van der Waals surface area contributed by atoms with Crippen molar-refractivity contribution in [2.45, 2.75) is 17.2 Å². The molecule has 0 aliphatic rings. The van der Waals surface area contributed by atoms with E-state index in [1.165, 1.54) is 6.07 Å². The minimum atomic E-state index is -3.54. The highest BCUT2D eigenvalue weighted by Gasteiger charge is 2.16. The Bertz CT molecular complexity index is 683. The molecule has 1 heterocycles. The van der Waals surface area contributed by atoms with E-state index < -0.39 is 10.0 Å². The average Bonchev–Trinajstić information content (AvgIpc) is 2.90. The van der Waals surface area contributed by atoms with Gasteiger partial charge in [0.25, 0.3) is 0 Å². The molecule has 0 aliphatic carbocycles. The summed E-state index contributed by atoms with van der Waals surface area (Å²) in [7, 11) is -3.54.